The number of ketones is 1. The number of hydrogen-bond donors (Lipinski definition) is 1. The third-order valence-electron chi connectivity index (χ3n) is 11.8. The second-order valence-corrected chi connectivity index (χ2v) is 18.3. The van der Waals surface area contributed by atoms with E-state index in [1.165, 1.54) is 0 Å². The molecule has 11 nitrogen and oxygen atoms in total. The highest BCUT2D eigenvalue weighted by Crippen LogP contribution is 2.57. The summed E-state index contributed by atoms with van der Waals surface area (Å²) in [6.07, 6.45) is 12.0. The van der Waals surface area contributed by atoms with Gasteiger partial charge in [0.25, 0.3) is 0 Å². The van der Waals surface area contributed by atoms with Gasteiger partial charge < -0.3 is 14.4 Å². The lowest BCUT2D eigenvalue weighted by Crippen LogP contribution is -2.47. The molecule has 5 aliphatic rings. The first-order chi connectivity index (χ1) is 24.8. The van der Waals surface area contributed by atoms with Gasteiger partial charge >= 0.3 is 5.97 Å². The number of fused-ring (bicyclic) bond motifs is 3. The molecule has 0 unspecified atom stereocenters. The van der Waals surface area contributed by atoms with Crippen LogP contribution in [0, 0.1) is 28.6 Å². The second kappa shape index (κ2) is 14.1. The van der Waals surface area contributed by atoms with E-state index in [9.17, 15) is 27.6 Å². The first-order valence-corrected chi connectivity index (χ1v) is 20.2. The van der Waals surface area contributed by atoms with Crippen LogP contribution in [-0.2, 0) is 33.9 Å². The number of carbonyl (C=O) groups is 4. The summed E-state index contributed by atoms with van der Waals surface area (Å²) in [6.45, 7) is 8.19. The van der Waals surface area contributed by atoms with Crippen LogP contribution in [0.4, 0.5) is 0 Å². The SMILES string of the molecule is C=C[C@H]1C[C@]1(CC(=O)[C@@H]1C[C@@H]2CN1C(=O)[C@H](C1CCCC1)CC(=O)OCC(C)(C)C/C=C/c1ccc3ccnc(c3c1)O2)C(=O)NS(=O)(=O)C1CC1. The Morgan fingerprint density at radius 3 is 2.60 bits per heavy atom. The number of benzene rings is 1. The zero-order valence-corrected chi connectivity index (χ0v) is 30.9. The van der Waals surface area contributed by atoms with Crippen molar-refractivity contribution in [2.75, 3.05) is 13.2 Å². The van der Waals surface area contributed by atoms with Crippen molar-refractivity contribution in [3.8, 4) is 5.88 Å². The molecule has 4 bridgehead atoms. The third kappa shape index (κ3) is 7.54. The smallest absolute Gasteiger partial charge is 0.306 e. The van der Waals surface area contributed by atoms with Crippen LogP contribution in [-0.4, -0.2) is 72.4 Å². The van der Waals surface area contributed by atoms with Gasteiger partial charge in [0, 0.05) is 29.8 Å². The van der Waals surface area contributed by atoms with Gasteiger partial charge in [-0.25, -0.2) is 13.4 Å². The molecule has 3 saturated carbocycles. The number of pyridine rings is 1. The Morgan fingerprint density at radius 2 is 1.88 bits per heavy atom. The van der Waals surface area contributed by atoms with Gasteiger partial charge in [0.15, 0.2) is 5.78 Å². The maximum Gasteiger partial charge on any atom is 0.306 e. The second-order valence-electron chi connectivity index (χ2n) is 16.4. The van der Waals surface area contributed by atoms with E-state index in [-0.39, 0.29) is 61.4 Å². The number of aromatic nitrogens is 1. The molecule has 1 saturated heterocycles. The lowest BCUT2D eigenvalue weighted by Gasteiger charge is -2.31. The molecule has 2 aromatic rings. The minimum atomic E-state index is -3.83. The maximum atomic E-state index is 14.7. The molecule has 3 heterocycles. The average Bonchev–Trinajstić information content (AvgIpc) is 3.98. The zero-order valence-electron chi connectivity index (χ0n) is 30.1. The van der Waals surface area contributed by atoms with E-state index >= 15 is 0 Å². The highest BCUT2D eigenvalue weighted by Gasteiger charge is 2.61. The van der Waals surface area contributed by atoms with Crippen molar-refractivity contribution >= 4 is 50.4 Å². The zero-order chi connectivity index (χ0) is 36.8. The average molecular weight is 732 g/mol. The topological polar surface area (TPSA) is 149 Å². The molecule has 0 radical (unpaired) electrons. The Bertz CT molecular complexity index is 1910. The van der Waals surface area contributed by atoms with Crippen LogP contribution >= 0.6 is 0 Å². The van der Waals surface area contributed by atoms with Gasteiger partial charge in [-0.3, -0.25) is 23.9 Å². The van der Waals surface area contributed by atoms with E-state index in [0.29, 0.717) is 31.6 Å². The van der Waals surface area contributed by atoms with E-state index in [1.807, 2.05) is 44.2 Å². The van der Waals surface area contributed by atoms with E-state index in [2.05, 4.69) is 22.4 Å². The van der Waals surface area contributed by atoms with Gasteiger partial charge in [0.2, 0.25) is 27.7 Å². The van der Waals surface area contributed by atoms with Crippen molar-refractivity contribution < 1.29 is 37.1 Å². The van der Waals surface area contributed by atoms with Crippen molar-refractivity contribution in [3.05, 3.63) is 54.8 Å². The third-order valence-corrected chi connectivity index (χ3v) is 13.6. The summed E-state index contributed by atoms with van der Waals surface area (Å²) >= 11 is 0. The predicted molar refractivity (Wildman–Crippen MR) is 195 cm³/mol. The van der Waals surface area contributed by atoms with Gasteiger partial charge in [0.1, 0.15) is 6.10 Å². The molecule has 3 aliphatic carbocycles. The van der Waals surface area contributed by atoms with Crippen LogP contribution in [0.3, 0.4) is 0 Å². The van der Waals surface area contributed by atoms with E-state index in [1.54, 1.807) is 17.2 Å². The maximum absolute atomic E-state index is 14.7. The number of allylic oxidation sites excluding steroid dienone is 2. The van der Waals surface area contributed by atoms with Crippen LogP contribution in [0.15, 0.2) is 49.2 Å². The number of carbonyl (C=O) groups excluding carboxylic acids is 4. The van der Waals surface area contributed by atoms with Crippen molar-refractivity contribution in [3.63, 3.8) is 0 Å². The Kier molecular flexibility index (Phi) is 9.82. The fourth-order valence-electron chi connectivity index (χ4n) is 8.37. The van der Waals surface area contributed by atoms with Crippen molar-refractivity contribution in [1.29, 1.82) is 0 Å². The minimum Gasteiger partial charge on any atom is -0.472 e. The lowest BCUT2D eigenvalue weighted by molar-refractivity contribution is -0.153. The number of sulfonamides is 1. The molecular formula is C40H49N3O8S. The van der Waals surface area contributed by atoms with Gasteiger partial charge in [-0.2, -0.15) is 0 Å². The summed E-state index contributed by atoms with van der Waals surface area (Å²) in [7, 11) is -3.83. The normalized spacial score (nSPS) is 30.2. The quantitative estimate of drug-likeness (QED) is 0.274. The number of hydrogen-bond acceptors (Lipinski definition) is 9. The number of amides is 2. The summed E-state index contributed by atoms with van der Waals surface area (Å²) in [5.74, 6) is -2.47. The minimum absolute atomic E-state index is 0.0335. The molecule has 5 atom stereocenters. The molecule has 2 aliphatic heterocycles. The van der Waals surface area contributed by atoms with Crippen molar-refractivity contribution in [1.82, 2.24) is 14.6 Å². The Balaban J connectivity index is 1.22. The molecule has 7 rings (SSSR count). The number of ether oxygens (including phenoxy) is 2. The van der Waals surface area contributed by atoms with Crippen LogP contribution in [0.5, 0.6) is 5.88 Å². The van der Waals surface area contributed by atoms with E-state index < -0.39 is 50.6 Å². The summed E-state index contributed by atoms with van der Waals surface area (Å²) in [5.41, 5.74) is -0.657. The molecule has 1 aromatic heterocycles. The number of esters is 1. The molecule has 0 spiro atoms. The monoisotopic (exact) mass is 731 g/mol. The number of nitrogens with zero attached hydrogens (tertiary/aromatic N) is 2. The molecule has 4 fully saturated rings. The first-order valence-electron chi connectivity index (χ1n) is 18.7. The molecule has 1 N–H and O–H groups in total. The molecule has 278 valence electrons. The standard InChI is InChI=1S/C40H49N3O8S/c1-4-28-21-40(28,38(47)42-52(48,49)30-13-14-30)22-34(44)33-19-29-23-43(33)37(46)32(26-9-5-6-10-26)20-35(45)50-24-39(2,3)16-7-8-25-11-12-27-15-17-41-36(51-29)31(27)18-25/h4,7-8,11-12,15,17-18,26,28-30,32-33H,1,5-6,9-10,13-14,16,19-24H2,2-3H3,(H,42,47)/b8-7+/t28-,29+,32-,33-,40+/m0/s1. The van der Waals surface area contributed by atoms with Crippen molar-refractivity contribution in [2.24, 2.45) is 28.6 Å². The van der Waals surface area contributed by atoms with Crippen molar-refractivity contribution in [2.45, 2.75) is 102 Å². The van der Waals surface area contributed by atoms with E-state index in [0.717, 1.165) is 42.0 Å². The summed E-state index contributed by atoms with van der Waals surface area (Å²) in [4.78, 5) is 62.3. The Labute approximate surface area is 305 Å². The van der Waals surface area contributed by atoms with Crippen LogP contribution in [0.25, 0.3) is 16.8 Å². The van der Waals surface area contributed by atoms with Gasteiger partial charge in [-0.05, 0) is 73.4 Å². The molecule has 2 amide bonds. The number of nitrogens with one attached hydrogen (secondary N) is 1. The Morgan fingerprint density at radius 1 is 1.12 bits per heavy atom. The number of Topliss-reactive ketones (excluding diaryl/α,β-unsaturated/α-hetero) is 1. The highest BCUT2D eigenvalue weighted by atomic mass is 32.2. The van der Waals surface area contributed by atoms with Crippen LogP contribution in [0.2, 0.25) is 0 Å². The van der Waals surface area contributed by atoms with Gasteiger partial charge in [-0.15, -0.1) is 6.58 Å². The largest absolute Gasteiger partial charge is 0.472 e. The lowest BCUT2D eigenvalue weighted by atomic mass is 9.86. The molecule has 52 heavy (non-hydrogen) atoms. The fourth-order valence-corrected chi connectivity index (χ4v) is 9.76. The first kappa shape index (κ1) is 36.3. The van der Waals surface area contributed by atoms with Crippen LogP contribution in [0.1, 0.15) is 90.0 Å². The molecule has 12 heteroatoms. The molecular weight excluding hydrogens is 683 g/mol. The van der Waals surface area contributed by atoms with Gasteiger partial charge in [-0.1, -0.05) is 57.0 Å². The Hall–Kier alpha value is -4.06. The summed E-state index contributed by atoms with van der Waals surface area (Å²) < 4.78 is 40.1. The fraction of sp³-hybridized carbons (Fsp3) is 0.575. The van der Waals surface area contributed by atoms with E-state index in [4.69, 9.17) is 9.47 Å². The number of cyclic esters (lactones) is 1. The summed E-state index contributed by atoms with van der Waals surface area (Å²) in [5, 5.41) is 1.14. The number of rotatable bonds is 8. The summed E-state index contributed by atoms with van der Waals surface area (Å²) in [6, 6.07) is 6.97. The highest BCUT2D eigenvalue weighted by molar-refractivity contribution is 7.90. The van der Waals surface area contributed by atoms with Gasteiger partial charge in [0.05, 0.1) is 42.2 Å². The van der Waals surface area contributed by atoms with Crippen LogP contribution < -0.4 is 9.46 Å². The molecule has 1 aromatic carbocycles. The predicted octanol–water partition coefficient (Wildman–Crippen LogP) is 5.53.